The predicted octanol–water partition coefficient (Wildman–Crippen LogP) is 3.14. The van der Waals surface area contributed by atoms with E-state index in [1.165, 1.54) is 31.6 Å². The summed E-state index contributed by atoms with van der Waals surface area (Å²) in [6, 6.07) is 7.40. The van der Waals surface area contributed by atoms with Crippen molar-refractivity contribution >= 4 is 40.0 Å². The lowest BCUT2D eigenvalue weighted by atomic mass is 10.1. The molecule has 0 aliphatic rings. The van der Waals surface area contributed by atoms with Gasteiger partial charge < -0.3 is 30.1 Å². The summed E-state index contributed by atoms with van der Waals surface area (Å²) in [7, 11) is 1.45. The first-order valence-corrected chi connectivity index (χ1v) is 9.90. The number of nitrogens with one attached hydrogen (secondary N) is 1. The van der Waals surface area contributed by atoms with E-state index in [-0.39, 0.29) is 23.8 Å². The number of anilines is 2. The normalized spacial score (nSPS) is 12.9. The van der Waals surface area contributed by atoms with Crippen LogP contribution in [-0.4, -0.2) is 57.2 Å². The van der Waals surface area contributed by atoms with Crippen LogP contribution in [0.25, 0.3) is 10.9 Å². The van der Waals surface area contributed by atoms with Gasteiger partial charge in [0.15, 0.2) is 11.5 Å². The second kappa shape index (κ2) is 10.4. The summed E-state index contributed by atoms with van der Waals surface area (Å²) in [5.41, 5.74) is 1.05. The summed E-state index contributed by atoms with van der Waals surface area (Å²) in [5, 5.41) is 32.0. The molecule has 0 saturated heterocycles. The molecule has 4 N–H and O–H groups in total. The Morgan fingerprint density at radius 2 is 1.97 bits per heavy atom. The first-order valence-electron chi connectivity index (χ1n) is 9.52. The minimum Gasteiger partial charge on any atom is -0.493 e. The molecule has 3 rings (SSSR count). The van der Waals surface area contributed by atoms with Crippen LogP contribution in [0.5, 0.6) is 11.5 Å². The highest BCUT2D eigenvalue weighted by atomic mass is 35.5. The molecule has 0 spiro atoms. The van der Waals surface area contributed by atoms with E-state index < -0.39 is 30.4 Å². The van der Waals surface area contributed by atoms with Crippen LogP contribution >= 0.6 is 11.6 Å². The van der Waals surface area contributed by atoms with Gasteiger partial charge in [0.2, 0.25) is 0 Å². The predicted molar refractivity (Wildman–Crippen MR) is 115 cm³/mol. The Hall–Kier alpha value is -3.21. The van der Waals surface area contributed by atoms with Gasteiger partial charge >= 0.3 is 5.97 Å². The Kier molecular flexibility index (Phi) is 7.62. The molecule has 3 aromatic rings. The zero-order chi connectivity index (χ0) is 23.3. The van der Waals surface area contributed by atoms with E-state index in [0.717, 1.165) is 0 Å². The van der Waals surface area contributed by atoms with Crippen LogP contribution < -0.4 is 14.8 Å². The quantitative estimate of drug-likeness (QED) is 0.356. The number of ether oxygens (including phenoxy) is 2. The fourth-order valence-electron chi connectivity index (χ4n) is 3.00. The van der Waals surface area contributed by atoms with Gasteiger partial charge in [-0.2, -0.15) is 0 Å². The van der Waals surface area contributed by atoms with Gasteiger partial charge in [-0.3, -0.25) is 4.79 Å². The molecule has 2 aromatic carbocycles. The second-order valence-corrected chi connectivity index (χ2v) is 7.36. The third-order valence-electron chi connectivity index (χ3n) is 4.49. The highest BCUT2D eigenvalue weighted by molar-refractivity contribution is 6.31. The van der Waals surface area contributed by atoms with Gasteiger partial charge in [0, 0.05) is 23.6 Å². The smallest absolute Gasteiger partial charge is 0.305 e. The maximum Gasteiger partial charge on any atom is 0.305 e. The lowest BCUT2D eigenvalue weighted by Crippen LogP contribution is -2.25. The number of aromatic nitrogens is 2. The lowest BCUT2D eigenvalue weighted by molar-refractivity contribution is -0.139. The van der Waals surface area contributed by atoms with Crippen molar-refractivity contribution in [2.75, 3.05) is 19.0 Å². The number of aliphatic hydroxyl groups excluding tert-OH is 2. The second-order valence-electron chi connectivity index (χ2n) is 6.95. The van der Waals surface area contributed by atoms with Gasteiger partial charge in [0.1, 0.15) is 24.6 Å². The molecular weight excluding hydrogens is 445 g/mol. The van der Waals surface area contributed by atoms with Crippen LogP contribution in [0.1, 0.15) is 12.8 Å². The van der Waals surface area contributed by atoms with Crippen LogP contribution in [0.15, 0.2) is 36.7 Å². The van der Waals surface area contributed by atoms with Gasteiger partial charge in [0.05, 0.1) is 36.3 Å². The zero-order valence-electron chi connectivity index (χ0n) is 17.0. The van der Waals surface area contributed by atoms with Crippen LogP contribution in [0.2, 0.25) is 5.02 Å². The number of nitrogens with zero attached hydrogens (tertiary/aromatic N) is 2. The van der Waals surface area contributed by atoms with E-state index in [1.54, 1.807) is 12.1 Å². The molecule has 0 aliphatic carbocycles. The van der Waals surface area contributed by atoms with Gasteiger partial charge in [-0.1, -0.05) is 11.6 Å². The van der Waals surface area contributed by atoms with Gasteiger partial charge in [-0.15, -0.1) is 0 Å². The fourth-order valence-corrected chi connectivity index (χ4v) is 3.18. The molecule has 0 bridgehead atoms. The van der Waals surface area contributed by atoms with E-state index in [4.69, 9.17) is 26.2 Å². The van der Waals surface area contributed by atoms with Crippen molar-refractivity contribution in [2.45, 2.75) is 25.0 Å². The third kappa shape index (κ3) is 5.94. The Morgan fingerprint density at radius 3 is 2.66 bits per heavy atom. The van der Waals surface area contributed by atoms with Crippen molar-refractivity contribution in [3.8, 4) is 11.5 Å². The Morgan fingerprint density at radius 1 is 1.19 bits per heavy atom. The molecule has 0 saturated carbocycles. The summed E-state index contributed by atoms with van der Waals surface area (Å²) in [4.78, 5) is 19.1. The van der Waals surface area contributed by atoms with Gasteiger partial charge in [-0.05, 0) is 24.3 Å². The molecule has 2 unspecified atom stereocenters. The van der Waals surface area contributed by atoms with Crippen LogP contribution in [0, 0.1) is 5.82 Å². The number of aliphatic hydroxyl groups is 2. The Balaban J connectivity index is 1.82. The average Bonchev–Trinajstić information content (AvgIpc) is 2.73. The number of aliphatic carboxylic acids is 1. The number of carboxylic acid groups (broad SMARTS) is 1. The minimum atomic E-state index is -1.20. The van der Waals surface area contributed by atoms with Crippen LogP contribution in [0.4, 0.5) is 15.9 Å². The van der Waals surface area contributed by atoms with Gasteiger partial charge in [0.25, 0.3) is 0 Å². The first-order chi connectivity index (χ1) is 15.3. The molecule has 11 heteroatoms. The molecule has 9 nitrogen and oxygen atoms in total. The number of hydrogen-bond donors (Lipinski definition) is 4. The SMILES string of the molecule is COc1cc2ncnc(Nc3ccc(F)c(Cl)c3)c2cc1OCC(O)CC(O)CC(=O)O. The molecule has 1 heterocycles. The highest BCUT2D eigenvalue weighted by Gasteiger charge is 2.18. The van der Waals surface area contributed by atoms with Crippen LogP contribution in [0.3, 0.4) is 0 Å². The summed E-state index contributed by atoms with van der Waals surface area (Å²) >= 11 is 5.84. The van der Waals surface area contributed by atoms with Crippen LogP contribution in [-0.2, 0) is 4.79 Å². The minimum absolute atomic E-state index is 0.0434. The van der Waals surface area contributed by atoms with E-state index in [1.807, 2.05) is 0 Å². The molecule has 0 aliphatic heterocycles. The molecular formula is C21H21ClFN3O6. The van der Waals surface area contributed by atoms with Crippen molar-refractivity contribution in [1.29, 1.82) is 0 Å². The largest absolute Gasteiger partial charge is 0.493 e. The number of hydrogen-bond acceptors (Lipinski definition) is 8. The number of benzene rings is 2. The number of halogens is 2. The maximum atomic E-state index is 13.4. The van der Waals surface area contributed by atoms with E-state index in [2.05, 4.69) is 15.3 Å². The number of carboxylic acids is 1. The van der Waals surface area contributed by atoms with E-state index in [0.29, 0.717) is 28.2 Å². The standard InChI is InChI=1S/C21H21ClFN3O6/c1-31-18-8-17-14(7-19(18)32-9-13(28)5-12(27)6-20(29)30)21(25-10-24-17)26-11-2-3-16(23)15(22)4-11/h2-4,7-8,10,12-13,27-28H,5-6,9H2,1H3,(H,29,30)(H,24,25,26). The number of carbonyl (C=O) groups is 1. The summed E-state index contributed by atoms with van der Waals surface area (Å²) < 4.78 is 24.4. The summed E-state index contributed by atoms with van der Waals surface area (Å²) in [6.07, 6.45) is -1.59. The molecule has 2 atom stereocenters. The first kappa shape index (κ1) is 23.5. The van der Waals surface area contributed by atoms with Crippen molar-refractivity contribution in [1.82, 2.24) is 9.97 Å². The number of fused-ring (bicyclic) bond motifs is 1. The molecule has 170 valence electrons. The van der Waals surface area contributed by atoms with Crippen molar-refractivity contribution < 1.29 is 34.0 Å². The number of rotatable bonds is 10. The number of methoxy groups -OCH3 is 1. The van der Waals surface area contributed by atoms with E-state index in [9.17, 15) is 19.4 Å². The van der Waals surface area contributed by atoms with Crippen molar-refractivity contribution in [3.63, 3.8) is 0 Å². The molecule has 0 amide bonds. The lowest BCUT2D eigenvalue weighted by Gasteiger charge is -2.17. The monoisotopic (exact) mass is 465 g/mol. The molecule has 32 heavy (non-hydrogen) atoms. The Bertz CT molecular complexity index is 1120. The van der Waals surface area contributed by atoms with Crippen molar-refractivity contribution in [3.05, 3.63) is 47.5 Å². The molecule has 0 fully saturated rings. The maximum absolute atomic E-state index is 13.4. The van der Waals surface area contributed by atoms with Crippen molar-refractivity contribution in [2.24, 2.45) is 0 Å². The summed E-state index contributed by atoms with van der Waals surface area (Å²) in [6.45, 7) is -0.206. The summed E-state index contributed by atoms with van der Waals surface area (Å²) in [5.74, 6) is -0.670. The average molecular weight is 466 g/mol. The van der Waals surface area contributed by atoms with Gasteiger partial charge in [-0.25, -0.2) is 14.4 Å². The third-order valence-corrected chi connectivity index (χ3v) is 4.78. The Labute approximate surface area is 187 Å². The topological polar surface area (TPSA) is 134 Å². The molecule has 1 aromatic heterocycles. The zero-order valence-corrected chi connectivity index (χ0v) is 17.7. The fraction of sp³-hybridized carbons (Fsp3) is 0.286. The highest BCUT2D eigenvalue weighted by Crippen LogP contribution is 2.35. The molecule has 0 radical (unpaired) electrons. The van der Waals surface area contributed by atoms with E-state index >= 15 is 0 Å².